The summed E-state index contributed by atoms with van der Waals surface area (Å²) < 4.78 is 55.5. The first kappa shape index (κ1) is 30.5. The molecule has 13 heteroatoms. The lowest BCUT2D eigenvalue weighted by atomic mass is 9.92. The summed E-state index contributed by atoms with van der Waals surface area (Å²) in [5.41, 5.74) is 0.145. The number of nitrogens with zero attached hydrogens (tertiary/aromatic N) is 8. The number of rotatable bonds is 3. The van der Waals surface area contributed by atoms with Gasteiger partial charge in [-0.25, -0.2) is 13.2 Å². The van der Waals surface area contributed by atoms with Gasteiger partial charge in [-0.05, 0) is 74.6 Å². The third-order valence-electron chi connectivity index (χ3n) is 11.0. The second-order valence-corrected chi connectivity index (χ2v) is 14.2. The van der Waals surface area contributed by atoms with Crippen LogP contribution in [0.3, 0.4) is 0 Å². The second-order valence-electron chi connectivity index (χ2n) is 14.2. The summed E-state index contributed by atoms with van der Waals surface area (Å²) in [4.78, 5) is 18.4. The van der Waals surface area contributed by atoms with Crippen LogP contribution in [0.2, 0.25) is 0 Å². The molecule has 49 heavy (non-hydrogen) atoms. The van der Waals surface area contributed by atoms with E-state index in [2.05, 4.69) is 30.1 Å². The Morgan fingerprint density at radius 3 is 2.82 bits per heavy atom. The minimum Gasteiger partial charge on any atom is -0.508 e. The number of fused-ring (bicyclic) bond motifs is 5. The average molecular weight is 671 g/mol. The zero-order valence-corrected chi connectivity index (χ0v) is 27.1. The first-order valence-electron chi connectivity index (χ1n) is 17.3. The molecule has 8 heterocycles. The third kappa shape index (κ3) is 5.24. The molecular weight excluding hydrogens is 633 g/mol. The smallest absolute Gasteiger partial charge is 0.319 e. The van der Waals surface area contributed by atoms with E-state index in [4.69, 9.17) is 9.72 Å². The van der Waals surface area contributed by atoms with Gasteiger partial charge in [0.05, 0.1) is 17.1 Å². The van der Waals surface area contributed by atoms with Gasteiger partial charge < -0.3 is 14.7 Å². The SMILES string of the molecule is Oc1cc2c3c(c(F)ccc3c1)-c1cn(nn1)CCCCC1CCCN(C1)c1nc(OC[C@@]34CCCN3C[C@H](F)C4)nc3c(F)c-2ncc13. The highest BCUT2D eigenvalue weighted by molar-refractivity contribution is 6.07. The van der Waals surface area contributed by atoms with Crippen LogP contribution < -0.4 is 9.64 Å². The van der Waals surface area contributed by atoms with E-state index in [9.17, 15) is 9.50 Å². The van der Waals surface area contributed by atoms with E-state index in [1.54, 1.807) is 23.1 Å². The molecule has 0 aliphatic carbocycles. The van der Waals surface area contributed by atoms with Crippen molar-refractivity contribution in [2.75, 3.05) is 37.7 Å². The van der Waals surface area contributed by atoms with Gasteiger partial charge in [-0.2, -0.15) is 9.97 Å². The molecule has 10 rings (SSSR count). The summed E-state index contributed by atoms with van der Waals surface area (Å²) in [5, 5.41) is 20.7. The number of anilines is 1. The molecule has 8 bridgehead atoms. The third-order valence-corrected chi connectivity index (χ3v) is 11.0. The summed E-state index contributed by atoms with van der Waals surface area (Å²) in [6, 6.07) is 5.78. The van der Waals surface area contributed by atoms with Gasteiger partial charge in [0.2, 0.25) is 0 Å². The molecule has 3 saturated heterocycles. The number of aromatic nitrogens is 6. The van der Waals surface area contributed by atoms with Crippen molar-refractivity contribution < 1.29 is 23.0 Å². The highest BCUT2D eigenvalue weighted by Gasteiger charge is 2.49. The van der Waals surface area contributed by atoms with E-state index in [1.807, 2.05) is 0 Å². The number of hydrogen-bond donors (Lipinski definition) is 1. The van der Waals surface area contributed by atoms with Crippen molar-refractivity contribution >= 4 is 27.5 Å². The van der Waals surface area contributed by atoms with Crippen LogP contribution in [-0.2, 0) is 6.54 Å². The number of halogens is 3. The minimum absolute atomic E-state index is 0.0178. The van der Waals surface area contributed by atoms with Gasteiger partial charge >= 0.3 is 6.01 Å². The Kier molecular flexibility index (Phi) is 7.36. The number of phenolic OH excluding ortho intramolecular Hbond substituents is 1. The molecule has 1 unspecified atom stereocenters. The van der Waals surface area contributed by atoms with Crippen molar-refractivity contribution in [3.8, 4) is 34.3 Å². The van der Waals surface area contributed by atoms with Crippen LogP contribution in [0.4, 0.5) is 19.0 Å². The van der Waals surface area contributed by atoms with E-state index in [0.29, 0.717) is 53.1 Å². The zero-order valence-electron chi connectivity index (χ0n) is 27.1. The van der Waals surface area contributed by atoms with Gasteiger partial charge in [0.15, 0.2) is 5.82 Å². The van der Waals surface area contributed by atoms with Crippen molar-refractivity contribution in [2.45, 2.75) is 69.6 Å². The van der Waals surface area contributed by atoms with Gasteiger partial charge in [0.1, 0.15) is 47.1 Å². The molecule has 10 nitrogen and oxygen atoms in total. The number of pyridine rings is 1. The molecule has 1 N–H and O–H groups in total. The van der Waals surface area contributed by atoms with Gasteiger partial charge in [-0.3, -0.25) is 14.6 Å². The number of aryl methyl sites for hydroxylation is 1. The molecule has 0 radical (unpaired) electrons. The van der Waals surface area contributed by atoms with Crippen LogP contribution >= 0.6 is 0 Å². The van der Waals surface area contributed by atoms with E-state index in [-0.39, 0.29) is 40.7 Å². The molecule has 5 aliphatic heterocycles. The predicted octanol–water partition coefficient (Wildman–Crippen LogP) is 6.44. The molecule has 3 aromatic heterocycles. The van der Waals surface area contributed by atoms with Gasteiger partial charge in [-0.1, -0.05) is 17.7 Å². The summed E-state index contributed by atoms with van der Waals surface area (Å²) in [6.45, 7) is 3.56. The Morgan fingerprint density at radius 2 is 1.90 bits per heavy atom. The monoisotopic (exact) mass is 670 g/mol. The van der Waals surface area contributed by atoms with Crippen LogP contribution in [0.5, 0.6) is 11.8 Å². The summed E-state index contributed by atoms with van der Waals surface area (Å²) in [7, 11) is 0. The van der Waals surface area contributed by atoms with Crippen molar-refractivity contribution in [3.63, 3.8) is 0 Å². The highest BCUT2D eigenvalue weighted by atomic mass is 19.1. The first-order chi connectivity index (χ1) is 23.8. The molecule has 5 aliphatic rings. The zero-order chi connectivity index (χ0) is 33.3. The quantitative estimate of drug-likeness (QED) is 0.232. The van der Waals surface area contributed by atoms with E-state index in [1.165, 1.54) is 18.2 Å². The number of aromatic hydroxyl groups is 1. The normalized spacial score (nSPS) is 24.1. The first-order valence-corrected chi connectivity index (χ1v) is 17.3. The maximum Gasteiger partial charge on any atom is 0.319 e. The van der Waals surface area contributed by atoms with Crippen LogP contribution in [0.25, 0.3) is 44.2 Å². The highest BCUT2D eigenvalue weighted by Crippen LogP contribution is 2.43. The standard InChI is InChI=1S/C36H37F3N8O2/c37-23-15-36(9-4-11-46(36)18-23)20-49-35-41-33-26-16-40-32(31(33)39)25-14-24(48)13-22-7-8-27(38)30(29(22)25)28-19-47(44-43-28)12-2-1-5-21-6-3-10-45(17-21)34(26)42-35/h7-8,13-14,16,19,21,23,48H,1-6,9-12,15,17-18,20H2/t21?,23-,36+/m1/s1. The Labute approximate surface area is 280 Å². The molecule has 0 saturated carbocycles. The van der Waals surface area contributed by atoms with Crippen molar-refractivity contribution in [2.24, 2.45) is 5.92 Å². The lowest BCUT2D eigenvalue weighted by Crippen LogP contribution is -2.43. The summed E-state index contributed by atoms with van der Waals surface area (Å²) >= 11 is 0. The molecule has 0 amide bonds. The van der Waals surface area contributed by atoms with E-state index >= 15 is 8.78 Å². The maximum absolute atomic E-state index is 17.1. The largest absolute Gasteiger partial charge is 0.508 e. The Hall–Kier alpha value is -4.52. The average Bonchev–Trinajstić information content (AvgIpc) is 3.80. The molecule has 2 aromatic carbocycles. The Bertz CT molecular complexity index is 2090. The number of hydrogen-bond acceptors (Lipinski definition) is 9. The molecule has 5 aromatic rings. The lowest BCUT2D eigenvalue weighted by Gasteiger charge is -2.34. The maximum atomic E-state index is 17.1. The molecular formula is C36H37F3N8O2. The van der Waals surface area contributed by atoms with Crippen molar-refractivity contribution in [1.82, 2.24) is 34.8 Å². The Morgan fingerprint density at radius 1 is 1.00 bits per heavy atom. The van der Waals surface area contributed by atoms with Crippen molar-refractivity contribution in [3.05, 3.63) is 48.3 Å². The predicted molar refractivity (Wildman–Crippen MR) is 178 cm³/mol. The van der Waals surface area contributed by atoms with Crippen LogP contribution in [0.1, 0.15) is 51.4 Å². The van der Waals surface area contributed by atoms with Crippen LogP contribution in [0, 0.1) is 17.6 Å². The van der Waals surface area contributed by atoms with Gasteiger partial charge in [-0.15, -0.1) is 5.10 Å². The van der Waals surface area contributed by atoms with Crippen LogP contribution in [0.15, 0.2) is 36.7 Å². The molecule has 3 atom stereocenters. The van der Waals surface area contributed by atoms with Gasteiger partial charge in [0, 0.05) is 55.3 Å². The van der Waals surface area contributed by atoms with E-state index < -0.39 is 23.3 Å². The number of ether oxygens (including phenoxy) is 1. The fraction of sp³-hybridized carbons (Fsp3) is 0.472. The number of alkyl halides is 1. The summed E-state index contributed by atoms with van der Waals surface area (Å²) in [5.74, 6) is -0.443. The Balaban J connectivity index is 1.24. The molecule has 254 valence electrons. The minimum atomic E-state index is -0.912. The fourth-order valence-electron chi connectivity index (χ4n) is 8.75. The number of benzene rings is 2. The number of piperidine rings is 1. The summed E-state index contributed by atoms with van der Waals surface area (Å²) in [6.07, 6.45) is 9.47. The molecule has 0 spiro atoms. The molecule has 3 fully saturated rings. The number of phenols is 1. The van der Waals surface area contributed by atoms with Gasteiger partial charge in [0.25, 0.3) is 0 Å². The van der Waals surface area contributed by atoms with Crippen molar-refractivity contribution in [1.29, 1.82) is 0 Å². The lowest BCUT2D eigenvalue weighted by molar-refractivity contribution is 0.107. The fourth-order valence-corrected chi connectivity index (χ4v) is 8.75. The van der Waals surface area contributed by atoms with E-state index in [0.717, 1.165) is 64.6 Å². The second kappa shape index (κ2) is 11.8. The van der Waals surface area contributed by atoms with Crippen LogP contribution in [-0.4, -0.2) is 84.4 Å². The topological polar surface area (TPSA) is 105 Å².